The van der Waals surface area contributed by atoms with Gasteiger partial charge in [0.2, 0.25) is 0 Å². The molecule has 0 aliphatic heterocycles. The molecule has 0 spiro atoms. The van der Waals surface area contributed by atoms with Crippen molar-refractivity contribution in [1.82, 2.24) is 15.8 Å². The van der Waals surface area contributed by atoms with E-state index in [0.29, 0.717) is 25.0 Å². The van der Waals surface area contributed by atoms with Crippen molar-refractivity contribution in [3.8, 4) is 5.75 Å². The van der Waals surface area contributed by atoms with Crippen LogP contribution < -0.4 is 15.4 Å². The normalized spacial score (nSPS) is 26.5. The molecule has 178 valence electrons. The van der Waals surface area contributed by atoms with Crippen LogP contribution in [0.3, 0.4) is 0 Å². The first-order valence-corrected chi connectivity index (χ1v) is 11.5. The molecule has 4 atom stereocenters. The molecule has 3 N–H and O–H groups in total. The van der Waals surface area contributed by atoms with Gasteiger partial charge in [-0.2, -0.15) is 0 Å². The lowest BCUT2D eigenvalue weighted by molar-refractivity contribution is -0.127. The van der Waals surface area contributed by atoms with E-state index in [1.807, 2.05) is 6.92 Å². The topological polar surface area (TPSA) is 114 Å². The predicted molar refractivity (Wildman–Crippen MR) is 117 cm³/mol. The number of halogens is 2. The molecule has 0 radical (unpaired) electrons. The molecule has 33 heavy (non-hydrogen) atoms. The van der Waals surface area contributed by atoms with Crippen LogP contribution in [0.4, 0.5) is 4.39 Å². The van der Waals surface area contributed by atoms with E-state index in [9.17, 15) is 19.1 Å². The van der Waals surface area contributed by atoms with Gasteiger partial charge in [0.15, 0.2) is 12.3 Å². The van der Waals surface area contributed by atoms with Gasteiger partial charge in [-0.05, 0) is 43.7 Å². The highest BCUT2D eigenvalue weighted by Gasteiger charge is 2.49. The summed E-state index contributed by atoms with van der Waals surface area (Å²) in [4.78, 5) is 25.2. The second-order valence-corrected chi connectivity index (χ2v) is 9.26. The molecule has 10 heteroatoms. The molecule has 1 aromatic carbocycles. The standard InChI is InChI=1S/C23H27ClFN3O5/c1-2-14-9-18(28-33-14)22(31)27-23-7-3-4-13(10-23)21(19(29)11-23)26-20(30)12-32-15-5-6-16(24)17(25)8-15/h5-6,8-9,13,19,21,29H,2-4,7,10-12H2,1H3,(H,26,30)(H,27,31)/t13?,19-,21?,23?/m0/s1. The molecule has 1 aromatic heterocycles. The minimum absolute atomic E-state index is 0.00300. The van der Waals surface area contributed by atoms with Gasteiger partial charge in [0.25, 0.3) is 11.8 Å². The van der Waals surface area contributed by atoms with Crippen molar-refractivity contribution in [1.29, 1.82) is 0 Å². The van der Waals surface area contributed by atoms with Gasteiger partial charge in [-0.1, -0.05) is 30.1 Å². The predicted octanol–water partition coefficient (Wildman–Crippen LogP) is 3.02. The zero-order valence-corrected chi connectivity index (χ0v) is 19.0. The van der Waals surface area contributed by atoms with Crippen molar-refractivity contribution in [3.63, 3.8) is 0 Å². The maximum atomic E-state index is 13.5. The molecular weight excluding hydrogens is 453 g/mol. The van der Waals surface area contributed by atoms with Crippen LogP contribution in [0, 0.1) is 11.7 Å². The summed E-state index contributed by atoms with van der Waals surface area (Å²) in [5.41, 5.74) is -0.326. The summed E-state index contributed by atoms with van der Waals surface area (Å²) in [7, 11) is 0. The summed E-state index contributed by atoms with van der Waals surface area (Å²) in [6.07, 6.45) is 3.21. The molecule has 8 nitrogen and oxygen atoms in total. The Morgan fingerprint density at radius 1 is 1.36 bits per heavy atom. The Labute approximate surface area is 195 Å². The second kappa shape index (κ2) is 9.69. The van der Waals surface area contributed by atoms with E-state index in [-0.39, 0.29) is 34.9 Å². The number of ether oxygens (including phenoxy) is 1. The smallest absolute Gasteiger partial charge is 0.273 e. The fourth-order valence-electron chi connectivity index (χ4n) is 4.96. The van der Waals surface area contributed by atoms with Crippen molar-refractivity contribution in [2.45, 2.75) is 63.1 Å². The van der Waals surface area contributed by atoms with E-state index in [1.54, 1.807) is 6.07 Å². The third-order valence-corrected chi connectivity index (χ3v) is 6.82. The van der Waals surface area contributed by atoms with Crippen molar-refractivity contribution in [2.24, 2.45) is 5.92 Å². The number of rotatable bonds is 7. The lowest BCUT2D eigenvalue weighted by Gasteiger charge is -2.51. The summed E-state index contributed by atoms with van der Waals surface area (Å²) in [5.74, 6) is -0.537. The number of amides is 2. The first kappa shape index (κ1) is 23.5. The zero-order chi connectivity index (χ0) is 23.6. The minimum atomic E-state index is -0.829. The molecule has 2 aliphatic carbocycles. The van der Waals surface area contributed by atoms with E-state index >= 15 is 0 Å². The third-order valence-electron chi connectivity index (χ3n) is 6.51. The van der Waals surface area contributed by atoms with E-state index in [2.05, 4.69) is 15.8 Å². The maximum Gasteiger partial charge on any atom is 0.273 e. The van der Waals surface area contributed by atoms with Crippen LogP contribution in [-0.4, -0.2) is 46.4 Å². The molecule has 2 aromatic rings. The van der Waals surface area contributed by atoms with E-state index in [4.69, 9.17) is 20.9 Å². The molecule has 0 saturated heterocycles. The first-order valence-electron chi connectivity index (χ1n) is 11.1. The average molecular weight is 480 g/mol. The second-order valence-electron chi connectivity index (χ2n) is 8.85. The monoisotopic (exact) mass is 479 g/mol. The minimum Gasteiger partial charge on any atom is -0.484 e. The van der Waals surface area contributed by atoms with Crippen molar-refractivity contribution in [3.05, 3.63) is 46.6 Å². The SMILES string of the molecule is CCc1cc(C(=O)NC23CCCC(C2)C(NC(=O)COc2ccc(Cl)c(F)c2)[C@@H](O)C3)no1. The zero-order valence-electron chi connectivity index (χ0n) is 18.3. The van der Waals surface area contributed by atoms with Crippen LogP contribution in [0.5, 0.6) is 5.75 Å². The van der Waals surface area contributed by atoms with Crippen molar-refractivity contribution < 1.29 is 28.3 Å². The van der Waals surface area contributed by atoms with Crippen molar-refractivity contribution >= 4 is 23.4 Å². The number of fused-ring (bicyclic) bond motifs is 2. The molecule has 1 heterocycles. The molecule has 2 aliphatic rings. The number of hydrogen-bond donors (Lipinski definition) is 3. The van der Waals surface area contributed by atoms with E-state index in [0.717, 1.165) is 25.3 Å². The molecular formula is C23H27ClFN3O5. The molecule has 4 rings (SSSR count). The summed E-state index contributed by atoms with van der Waals surface area (Å²) >= 11 is 5.65. The number of aromatic nitrogens is 1. The number of nitrogens with one attached hydrogen (secondary N) is 2. The highest BCUT2D eigenvalue weighted by Crippen LogP contribution is 2.43. The number of hydrogen-bond acceptors (Lipinski definition) is 6. The molecule has 2 bridgehead atoms. The molecule has 3 unspecified atom stereocenters. The number of nitrogens with zero attached hydrogens (tertiary/aromatic N) is 1. The summed E-state index contributed by atoms with van der Waals surface area (Å²) in [5, 5.41) is 20.6. The van der Waals surface area contributed by atoms with Gasteiger partial charge in [-0.15, -0.1) is 0 Å². The Kier molecular flexibility index (Phi) is 6.90. The Balaban J connectivity index is 1.35. The van der Waals surface area contributed by atoms with Crippen LogP contribution >= 0.6 is 11.6 Å². The van der Waals surface area contributed by atoms with Gasteiger partial charge >= 0.3 is 0 Å². The van der Waals surface area contributed by atoms with Crippen LogP contribution in [0.15, 0.2) is 28.8 Å². The first-order chi connectivity index (χ1) is 15.8. The van der Waals surface area contributed by atoms with Gasteiger partial charge in [-0.25, -0.2) is 4.39 Å². The lowest BCUT2D eigenvalue weighted by Crippen LogP contribution is -2.64. The van der Waals surface area contributed by atoms with Crippen LogP contribution in [0.2, 0.25) is 5.02 Å². The largest absolute Gasteiger partial charge is 0.484 e. The molecule has 2 amide bonds. The van der Waals surface area contributed by atoms with Crippen molar-refractivity contribution in [2.75, 3.05) is 6.61 Å². The quantitative estimate of drug-likeness (QED) is 0.562. The van der Waals surface area contributed by atoms with Gasteiger partial charge in [-0.3, -0.25) is 9.59 Å². The Hall–Kier alpha value is -2.65. The maximum absolute atomic E-state index is 13.5. The van der Waals surface area contributed by atoms with Gasteiger partial charge in [0, 0.05) is 24.1 Å². The van der Waals surface area contributed by atoms with Gasteiger partial charge in [0.1, 0.15) is 17.3 Å². The molecule has 2 saturated carbocycles. The van der Waals surface area contributed by atoms with Gasteiger partial charge in [0.05, 0.1) is 17.2 Å². The molecule has 2 fully saturated rings. The highest BCUT2D eigenvalue weighted by molar-refractivity contribution is 6.30. The number of aryl methyl sites for hydroxylation is 1. The third kappa shape index (κ3) is 5.30. The number of carbonyl (C=O) groups is 2. The Morgan fingerprint density at radius 3 is 2.91 bits per heavy atom. The van der Waals surface area contributed by atoms with Crippen LogP contribution in [-0.2, 0) is 11.2 Å². The average Bonchev–Trinajstić information content (AvgIpc) is 3.27. The van der Waals surface area contributed by atoms with E-state index < -0.39 is 29.4 Å². The fraction of sp³-hybridized carbons (Fsp3) is 0.522. The van der Waals surface area contributed by atoms with Crippen LogP contribution in [0.25, 0.3) is 0 Å². The Bertz CT molecular complexity index is 1030. The highest BCUT2D eigenvalue weighted by atomic mass is 35.5. The number of carbonyl (C=O) groups excluding carboxylic acids is 2. The van der Waals surface area contributed by atoms with E-state index in [1.165, 1.54) is 12.1 Å². The number of aliphatic hydroxyl groups is 1. The number of benzene rings is 1. The fourth-order valence-corrected chi connectivity index (χ4v) is 5.07. The summed E-state index contributed by atoms with van der Waals surface area (Å²) in [6.45, 7) is 1.60. The van der Waals surface area contributed by atoms with Crippen LogP contribution in [0.1, 0.15) is 55.3 Å². The Morgan fingerprint density at radius 2 is 2.18 bits per heavy atom. The summed E-state index contributed by atoms with van der Waals surface area (Å²) in [6, 6.07) is 5.12. The van der Waals surface area contributed by atoms with Gasteiger partial charge < -0.3 is 25.0 Å². The summed E-state index contributed by atoms with van der Waals surface area (Å²) < 4.78 is 24.0. The lowest BCUT2D eigenvalue weighted by atomic mass is 9.64. The number of aliphatic hydroxyl groups excluding tert-OH is 1.